The van der Waals surface area contributed by atoms with Crippen LogP contribution in [-0.4, -0.2) is 51.5 Å². The van der Waals surface area contributed by atoms with E-state index in [9.17, 15) is 19.5 Å². The van der Waals surface area contributed by atoms with Gasteiger partial charge in [-0.2, -0.15) is 0 Å². The molecule has 54 heavy (non-hydrogen) atoms. The molecule has 10 heteroatoms. The van der Waals surface area contributed by atoms with Crippen molar-refractivity contribution < 1.29 is 24.2 Å². The fraction of sp³-hybridized carbons (Fsp3) is 0.341. The third-order valence-corrected chi connectivity index (χ3v) is 10.6. The quantitative estimate of drug-likeness (QED) is 0.0765. The molecule has 0 aliphatic rings. The average molecular weight is 747 g/mol. The van der Waals surface area contributed by atoms with Crippen LogP contribution in [-0.2, 0) is 27.8 Å². The Morgan fingerprint density at radius 3 is 1.98 bits per heavy atom. The third-order valence-electron chi connectivity index (χ3n) is 9.10. The lowest BCUT2D eigenvalue weighted by molar-refractivity contribution is -0.142. The normalized spacial score (nSPS) is 12.4. The van der Waals surface area contributed by atoms with Crippen molar-refractivity contribution in [3.05, 3.63) is 124 Å². The van der Waals surface area contributed by atoms with Crippen LogP contribution in [0.1, 0.15) is 85.5 Å². The highest BCUT2D eigenvalue weighted by Gasteiger charge is 2.28. The predicted molar refractivity (Wildman–Crippen MR) is 215 cm³/mol. The molecular formula is C44H50N4O5S. The molecule has 2 aromatic heterocycles. The number of amides is 2. The molecule has 2 amide bonds. The molecule has 0 radical (unpaired) electrons. The Kier molecular flexibility index (Phi) is 14.1. The lowest BCUT2D eigenvalue weighted by Crippen LogP contribution is -2.53. The molecule has 0 fully saturated rings. The number of hydrogen-bond acceptors (Lipinski definition) is 7. The van der Waals surface area contributed by atoms with E-state index in [0.717, 1.165) is 51.5 Å². The number of carbonyl (C=O) groups excluding carboxylic acids is 2. The SMILES string of the molecule is CCCCCCCOc1ccc(-c2cnc(-c3ccc(C[C@H](NC(=O)c4ccc(C(C)(C)C)s4)C(=O)N[C@H](Cc4ccccc4)C(=O)O)cc3)nc2)cc1. The second-order valence-electron chi connectivity index (χ2n) is 14.5. The van der Waals surface area contributed by atoms with Gasteiger partial charge in [0, 0.05) is 41.2 Å². The molecule has 5 rings (SSSR count). The number of ether oxygens (including phenoxy) is 1. The van der Waals surface area contributed by atoms with E-state index in [-0.39, 0.29) is 18.3 Å². The van der Waals surface area contributed by atoms with Crippen molar-refractivity contribution in [1.82, 2.24) is 20.6 Å². The maximum absolute atomic E-state index is 13.7. The number of hydrogen-bond donors (Lipinski definition) is 3. The number of benzene rings is 3. The maximum atomic E-state index is 13.7. The van der Waals surface area contributed by atoms with Gasteiger partial charge >= 0.3 is 5.97 Å². The number of thiophene rings is 1. The molecule has 0 spiro atoms. The van der Waals surface area contributed by atoms with Crippen LogP contribution in [0.25, 0.3) is 22.5 Å². The molecule has 0 saturated carbocycles. The number of aromatic nitrogens is 2. The molecule has 0 unspecified atom stereocenters. The fourth-order valence-electron chi connectivity index (χ4n) is 5.91. The highest BCUT2D eigenvalue weighted by Crippen LogP contribution is 2.30. The summed E-state index contributed by atoms with van der Waals surface area (Å²) in [5.41, 5.74) is 4.08. The van der Waals surface area contributed by atoms with E-state index in [1.165, 1.54) is 37.0 Å². The summed E-state index contributed by atoms with van der Waals surface area (Å²) in [6, 6.07) is 26.0. The Morgan fingerprint density at radius 2 is 1.35 bits per heavy atom. The minimum atomic E-state index is -1.17. The van der Waals surface area contributed by atoms with Crippen molar-refractivity contribution in [3.8, 4) is 28.3 Å². The molecule has 0 aliphatic carbocycles. The van der Waals surface area contributed by atoms with Crippen molar-refractivity contribution in [2.75, 3.05) is 6.61 Å². The van der Waals surface area contributed by atoms with Gasteiger partial charge in [0.25, 0.3) is 5.91 Å². The fourth-order valence-corrected chi connectivity index (χ4v) is 6.88. The molecule has 0 aliphatic heterocycles. The number of carbonyl (C=O) groups is 3. The number of rotatable bonds is 18. The van der Waals surface area contributed by atoms with Crippen molar-refractivity contribution in [2.45, 2.75) is 90.1 Å². The van der Waals surface area contributed by atoms with Gasteiger partial charge in [0.2, 0.25) is 5.91 Å². The number of carboxylic acids is 1. The summed E-state index contributed by atoms with van der Waals surface area (Å²) in [4.78, 5) is 50.1. The van der Waals surface area contributed by atoms with Crippen LogP contribution in [0.2, 0.25) is 0 Å². The standard InChI is InChI=1S/C44H50N4O5S/c1-5-6-7-8-12-25-53-35-21-19-32(20-22-35)34-28-45-40(46-29-34)33-17-15-31(16-18-33)26-36(47-42(50)38-23-24-39(54-38)44(2,3)4)41(49)48-37(43(51)52)27-30-13-10-9-11-14-30/h9-11,13-24,28-29,36-37H,5-8,12,25-27H2,1-4H3,(H,47,50)(H,48,49)(H,51,52)/t36-,37+/m0/s1. The van der Waals surface area contributed by atoms with Gasteiger partial charge in [-0.05, 0) is 52.8 Å². The maximum Gasteiger partial charge on any atom is 0.326 e. The van der Waals surface area contributed by atoms with Crippen molar-refractivity contribution in [1.29, 1.82) is 0 Å². The Bertz CT molecular complexity index is 1950. The van der Waals surface area contributed by atoms with E-state index in [2.05, 4.69) is 48.3 Å². The molecule has 0 bridgehead atoms. The van der Waals surface area contributed by atoms with Crippen LogP contribution >= 0.6 is 11.3 Å². The van der Waals surface area contributed by atoms with Gasteiger partial charge in [-0.1, -0.05) is 120 Å². The first-order chi connectivity index (χ1) is 26.0. The van der Waals surface area contributed by atoms with Gasteiger partial charge in [0.15, 0.2) is 5.82 Å². The number of nitrogens with zero attached hydrogens (tertiary/aromatic N) is 2. The van der Waals surface area contributed by atoms with Crippen molar-refractivity contribution in [2.24, 2.45) is 0 Å². The number of aliphatic carboxylic acids is 1. The monoisotopic (exact) mass is 746 g/mol. The summed E-state index contributed by atoms with van der Waals surface area (Å²) in [5.74, 6) is -0.732. The van der Waals surface area contributed by atoms with E-state index < -0.39 is 29.9 Å². The van der Waals surface area contributed by atoms with Gasteiger partial charge in [-0.25, -0.2) is 14.8 Å². The first-order valence-electron chi connectivity index (χ1n) is 18.6. The molecule has 3 N–H and O–H groups in total. The second-order valence-corrected chi connectivity index (χ2v) is 15.6. The van der Waals surface area contributed by atoms with E-state index in [0.29, 0.717) is 10.7 Å². The van der Waals surface area contributed by atoms with Crippen LogP contribution in [0.15, 0.2) is 103 Å². The van der Waals surface area contributed by atoms with E-state index in [1.54, 1.807) is 18.5 Å². The summed E-state index contributed by atoms with van der Waals surface area (Å²) in [5, 5.41) is 15.5. The first-order valence-corrected chi connectivity index (χ1v) is 19.4. The number of unbranched alkanes of at least 4 members (excludes halogenated alkanes) is 4. The zero-order valence-corrected chi connectivity index (χ0v) is 32.3. The zero-order chi connectivity index (χ0) is 38.5. The van der Waals surface area contributed by atoms with E-state index >= 15 is 0 Å². The Labute approximate surface area is 322 Å². The highest BCUT2D eigenvalue weighted by atomic mass is 32.1. The zero-order valence-electron chi connectivity index (χ0n) is 31.5. The molecule has 2 atom stereocenters. The Hall–Kier alpha value is -5.35. The van der Waals surface area contributed by atoms with Gasteiger partial charge in [0.05, 0.1) is 11.5 Å². The molecule has 3 aromatic carbocycles. The van der Waals surface area contributed by atoms with Gasteiger partial charge in [-0.3, -0.25) is 9.59 Å². The minimum absolute atomic E-state index is 0.106. The molecule has 0 saturated heterocycles. The number of nitrogens with one attached hydrogen (secondary N) is 2. The van der Waals surface area contributed by atoms with Crippen LogP contribution in [0.3, 0.4) is 0 Å². The van der Waals surface area contributed by atoms with Crippen LogP contribution < -0.4 is 15.4 Å². The Morgan fingerprint density at radius 1 is 0.722 bits per heavy atom. The molecule has 2 heterocycles. The summed E-state index contributed by atoms with van der Waals surface area (Å²) >= 11 is 1.38. The van der Waals surface area contributed by atoms with E-state index in [1.807, 2.05) is 84.9 Å². The molecule has 282 valence electrons. The summed E-state index contributed by atoms with van der Waals surface area (Å²) in [7, 11) is 0. The third kappa shape index (κ3) is 11.6. The Balaban J connectivity index is 1.26. The van der Waals surface area contributed by atoms with Crippen LogP contribution in [0, 0.1) is 0 Å². The summed E-state index contributed by atoms with van der Waals surface area (Å²) in [6.45, 7) is 9.15. The van der Waals surface area contributed by atoms with Gasteiger partial charge in [0.1, 0.15) is 17.8 Å². The van der Waals surface area contributed by atoms with Crippen molar-refractivity contribution >= 4 is 29.1 Å². The van der Waals surface area contributed by atoms with E-state index in [4.69, 9.17) is 4.74 Å². The molecular weight excluding hydrogens is 697 g/mol. The first kappa shape index (κ1) is 39.8. The number of carboxylic acid groups (broad SMARTS) is 1. The molecule has 9 nitrogen and oxygen atoms in total. The predicted octanol–water partition coefficient (Wildman–Crippen LogP) is 8.67. The lowest BCUT2D eigenvalue weighted by Gasteiger charge is -2.22. The lowest BCUT2D eigenvalue weighted by atomic mass is 9.95. The van der Waals surface area contributed by atoms with Crippen LogP contribution in [0.4, 0.5) is 0 Å². The van der Waals surface area contributed by atoms with Gasteiger partial charge < -0.3 is 20.5 Å². The summed E-state index contributed by atoms with van der Waals surface area (Å²) in [6.07, 6.45) is 9.83. The average Bonchev–Trinajstić information content (AvgIpc) is 3.69. The highest BCUT2D eigenvalue weighted by molar-refractivity contribution is 7.14. The van der Waals surface area contributed by atoms with Crippen LogP contribution in [0.5, 0.6) is 5.75 Å². The second kappa shape index (κ2) is 19.1. The molecule has 5 aromatic rings. The topological polar surface area (TPSA) is 131 Å². The largest absolute Gasteiger partial charge is 0.494 e. The minimum Gasteiger partial charge on any atom is -0.494 e. The summed E-state index contributed by atoms with van der Waals surface area (Å²) < 4.78 is 5.90. The smallest absolute Gasteiger partial charge is 0.326 e. The van der Waals surface area contributed by atoms with Gasteiger partial charge in [-0.15, -0.1) is 11.3 Å². The van der Waals surface area contributed by atoms with Crippen molar-refractivity contribution in [3.63, 3.8) is 0 Å².